The van der Waals surface area contributed by atoms with E-state index >= 15 is 0 Å². The van der Waals surface area contributed by atoms with E-state index in [1.165, 1.54) is 0 Å². The van der Waals surface area contributed by atoms with Crippen LogP contribution in [0.4, 0.5) is 17.2 Å². The molecule has 1 fully saturated rings. The summed E-state index contributed by atoms with van der Waals surface area (Å²) in [6.07, 6.45) is 7.55. The molecule has 0 unspecified atom stereocenters. The lowest BCUT2D eigenvalue weighted by molar-refractivity contribution is 0.0947. The molecule has 10 nitrogen and oxygen atoms in total. The fraction of sp³-hybridized carbons (Fsp3) is 0.269. The molecule has 10 heteroatoms. The van der Waals surface area contributed by atoms with Gasteiger partial charge in [0.2, 0.25) is 0 Å². The highest BCUT2D eigenvalue weighted by atomic mass is 16.2. The monoisotopic (exact) mass is 480 g/mol. The number of rotatable bonds is 3. The van der Waals surface area contributed by atoms with E-state index in [2.05, 4.69) is 30.8 Å². The number of anilines is 3. The second kappa shape index (κ2) is 7.77. The molecule has 3 aliphatic rings. The molecule has 36 heavy (non-hydrogen) atoms. The zero-order valence-electron chi connectivity index (χ0n) is 19.7. The molecule has 2 amide bonds. The molecule has 0 spiro atoms. The van der Waals surface area contributed by atoms with Crippen LogP contribution in [0, 0.1) is 0 Å². The molecule has 0 bridgehead atoms. The molecule has 180 valence electrons. The molecule has 0 radical (unpaired) electrons. The molecule has 3 N–H and O–H groups in total. The predicted octanol–water partition coefficient (Wildman–Crippen LogP) is 2.73. The summed E-state index contributed by atoms with van der Waals surface area (Å²) in [5.41, 5.74) is 5.73. The normalized spacial score (nSPS) is 18.4. The van der Waals surface area contributed by atoms with E-state index in [0.717, 1.165) is 52.9 Å². The molecule has 4 aromatic rings. The second-order valence-electron chi connectivity index (χ2n) is 9.47. The Morgan fingerprint density at radius 1 is 1.06 bits per heavy atom. The maximum absolute atomic E-state index is 12.9. The Balaban J connectivity index is 1.29. The van der Waals surface area contributed by atoms with Crippen LogP contribution in [0.2, 0.25) is 0 Å². The Bertz CT molecular complexity index is 1580. The first-order chi connectivity index (χ1) is 17.6. The third-order valence-corrected chi connectivity index (χ3v) is 7.39. The molecule has 7 heterocycles. The summed E-state index contributed by atoms with van der Waals surface area (Å²) >= 11 is 0. The van der Waals surface area contributed by atoms with Crippen molar-refractivity contribution in [3.05, 3.63) is 59.7 Å². The van der Waals surface area contributed by atoms with Gasteiger partial charge in [0, 0.05) is 61.6 Å². The van der Waals surface area contributed by atoms with E-state index in [4.69, 9.17) is 4.98 Å². The Hall–Kier alpha value is -4.47. The molecule has 0 saturated carbocycles. The Kier molecular flexibility index (Phi) is 4.50. The minimum absolute atomic E-state index is 0.165. The highest BCUT2D eigenvalue weighted by Gasteiger charge is 2.33. The van der Waals surface area contributed by atoms with Crippen molar-refractivity contribution in [1.82, 2.24) is 30.2 Å². The van der Waals surface area contributed by atoms with Crippen LogP contribution in [-0.4, -0.2) is 50.5 Å². The topological polar surface area (TPSA) is 117 Å². The molecule has 0 aromatic carbocycles. The zero-order chi connectivity index (χ0) is 24.4. The van der Waals surface area contributed by atoms with Crippen molar-refractivity contribution in [3.63, 3.8) is 0 Å². The van der Waals surface area contributed by atoms with E-state index in [9.17, 15) is 9.59 Å². The average molecular weight is 481 g/mol. The second-order valence-corrected chi connectivity index (χ2v) is 9.47. The number of nitrogens with zero attached hydrogens (tertiary/aromatic N) is 5. The van der Waals surface area contributed by atoms with Crippen molar-refractivity contribution in [3.8, 4) is 11.3 Å². The van der Waals surface area contributed by atoms with Crippen LogP contribution in [0.15, 0.2) is 42.9 Å². The quantitative estimate of drug-likeness (QED) is 0.413. The number of nitrogens with one attached hydrogen (secondary N) is 3. The van der Waals surface area contributed by atoms with Gasteiger partial charge < -0.3 is 25.4 Å². The zero-order valence-corrected chi connectivity index (χ0v) is 19.7. The first kappa shape index (κ1) is 20.9. The number of hydrogen-bond acceptors (Lipinski definition) is 7. The Labute approximate surface area is 206 Å². The van der Waals surface area contributed by atoms with Gasteiger partial charge in [0.25, 0.3) is 11.8 Å². The largest absolute Gasteiger partial charge is 0.365 e. The number of fused-ring (bicyclic) bond motifs is 5. The SMILES string of the molecule is Cn1ccc2c(-c3ncc(Nc4ccc5c(n4)C(=O)NC[C@H]4CCCN54)c4c3CNC4=O)ccnc21. The minimum atomic E-state index is -0.177. The van der Waals surface area contributed by atoms with Crippen LogP contribution in [0.5, 0.6) is 0 Å². The highest BCUT2D eigenvalue weighted by Crippen LogP contribution is 2.37. The van der Waals surface area contributed by atoms with Gasteiger partial charge in [-0.05, 0) is 37.1 Å². The first-order valence-electron chi connectivity index (χ1n) is 12.1. The Morgan fingerprint density at radius 2 is 1.97 bits per heavy atom. The predicted molar refractivity (Wildman–Crippen MR) is 135 cm³/mol. The van der Waals surface area contributed by atoms with Gasteiger partial charge in [0.15, 0.2) is 5.69 Å². The molecular weight excluding hydrogens is 456 g/mol. The lowest BCUT2D eigenvalue weighted by Crippen LogP contribution is -2.36. The average Bonchev–Trinajstić information content (AvgIpc) is 3.60. The number of amides is 2. The van der Waals surface area contributed by atoms with Gasteiger partial charge in [-0.2, -0.15) is 0 Å². The van der Waals surface area contributed by atoms with Gasteiger partial charge in [-0.25, -0.2) is 9.97 Å². The summed E-state index contributed by atoms with van der Waals surface area (Å²) in [4.78, 5) is 41.8. The number of carbonyl (C=O) groups is 2. The van der Waals surface area contributed by atoms with Crippen molar-refractivity contribution in [2.24, 2.45) is 7.05 Å². The standard InChI is InChI=1S/C26H24N8O2/c1-33-10-7-16-15(6-8-27-24(16)33)22-17-12-30-25(35)21(17)18(13-28-22)31-20-5-4-19-23(32-20)26(36)29-11-14-3-2-9-34(14)19/h4-8,10,13-14H,2-3,9,11-12H2,1H3,(H,29,36)(H,30,35)(H,31,32)/t14-/m1/s1. The van der Waals surface area contributed by atoms with Gasteiger partial charge >= 0.3 is 0 Å². The number of carbonyl (C=O) groups excluding carboxylic acids is 2. The molecule has 0 aliphatic carbocycles. The van der Waals surface area contributed by atoms with Crippen molar-refractivity contribution in [2.75, 3.05) is 23.3 Å². The van der Waals surface area contributed by atoms with Crippen molar-refractivity contribution in [1.29, 1.82) is 0 Å². The van der Waals surface area contributed by atoms with Gasteiger partial charge in [0.05, 0.1) is 28.8 Å². The summed E-state index contributed by atoms with van der Waals surface area (Å²) in [5.74, 6) is 0.151. The van der Waals surface area contributed by atoms with Gasteiger partial charge in [0.1, 0.15) is 11.5 Å². The lowest BCUT2D eigenvalue weighted by atomic mass is 10.0. The molecular formula is C26H24N8O2. The molecule has 1 saturated heterocycles. The van der Waals surface area contributed by atoms with Crippen LogP contribution in [-0.2, 0) is 13.6 Å². The highest BCUT2D eigenvalue weighted by molar-refractivity contribution is 6.07. The maximum atomic E-state index is 12.9. The summed E-state index contributed by atoms with van der Waals surface area (Å²) in [7, 11) is 1.95. The van der Waals surface area contributed by atoms with Crippen molar-refractivity contribution in [2.45, 2.75) is 25.4 Å². The fourth-order valence-electron chi connectivity index (χ4n) is 5.66. The van der Waals surface area contributed by atoms with E-state index in [0.29, 0.717) is 41.9 Å². The number of hydrogen-bond donors (Lipinski definition) is 3. The van der Waals surface area contributed by atoms with E-state index in [-0.39, 0.29) is 11.8 Å². The maximum Gasteiger partial charge on any atom is 0.272 e. The Morgan fingerprint density at radius 3 is 2.89 bits per heavy atom. The van der Waals surface area contributed by atoms with Gasteiger partial charge in [-0.1, -0.05) is 0 Å². The smallest absolute Gasteiger partial charge is 0.272 e. The van der Waals surface area contributed by atoms with Crippen LogP contribution < -0.4 is 20.9 Å². The van der Waals surface area contributed by atoms with Gasteiger partial charge in [-0.15, -0.1) is 0 Å². The summed E-state index contributed by atoms with van der Waals surface area (Å²) in [6, 6.07) is 8.05. The van der Waals surface area contributed by atoms with E-state index < -0.39 is 0 Å². The number of pyridine rings is 3. The fourth-order valence-corrected chi connectivity index (χ4v) is 5.66. The third kappa shape index (κ3) is 3.07. The van der Waals surface area contributed by atoms with Crippen LogP contribution in [0.3, 0.4) is 0 Å². The van der Waals surface area contributed by atoms with Crippen molar-refractivity contribution >= 4 is 40.0 Å². The van der Waals surface area contributed by atoms with Gasteiger partial charge in [-0.3, -0.25) is 14.6 Å². The number of aromatic nitrogens is 4. The van der Waals surface area contributed by atoms with Crippen LogP contribution in [0.1, 0.15) is 39.3 Å². The first-order valence-corrected chi connectivity index (χ1v) is 12.1. The molecule has 4 aromatic heterocycles. The van der Waals surface area contributed by atoms with Crippen LogP contribution in [0.25, 0.3) is 22.3 Å². The molecule has 7 rings (SSSR count). The number of aryl methyl sites for hydroxylation is 1. The molecule has 3 aliphatic heterocycles. The minimum Gasteiger partial charge on any atom is -0.365 e. The molecule has 1 atom stereocenters. The summed E-state index contributed by atoms with van der Waals surface area (Å²) in [5, 5.41) is 10.2. The van der Waals surface area contributed by atoms with E-state index in [1.807, 2.05) is 42.1 Å². The van der Waals surface area contributed by atoms with Crippen LogP contribution >= 0.6 is 0 Å². The third-order valence-electron chi connectivity index (χ3n) is 7.39. The summed E-state index contributed by atoms with van der Waals surface area (Å²) in [6.45, 7) is 1.93. The van der Waals surface area contributed by atoms with Crippen molar-refractivity contribution < 1.29 is 9.59 Å². The lowest BCUT2D eigenvalue weighted by Gasteiger charge is -2.24. The summed E-state index contributed by atoms with van der Waals surface area (Å²) < 4.78 is 1.96. The van der Waals surface area contributed by atoms with E-state index in [1.54, 1.807) is 12.4 Å².